The first kappa shape index (κ1) is 18.5. The van der Waals surface area contributed by atoms with Crippen molar-refractivity contribution in [2.75, 3.05) is 0 Å². The summed E-state index contributed by atoms with van der Waals surface area (Å²) in [6, 6.07) is 10.9. The smallest absolute Gasteiger partial charge is 0.0912 e. The number of hydrogen-bond acceptors (Lipinski definition) is 2. The van der Waals surface area contributed by atoms with Crippen molar-refractivity contribution in [3.8, 4) is 6.07 Å². The monoisotopic (exact) mass is 323 g/mol. The zero-order chi connectivity index (χ0) is 17.0. The molecule has 0 amide bonds. The molecule has 1 aliphatic carbocycles. The second-order valence-corrected chi connectivity index (χ2v) is 6.64. The Kier molecular flexibility index (Phi) is 8.35. The molecular formula is C22H29NO. The van der Waals surface area contributed by atoms with E-state index in [1.807, 2.05) is 18.2 Å². The number of nitrogens with zero attached hydrogens (tertiary/aromatic N) is 1. The maximum absolute atomic E-state index is 8.46. The Morgan fingerprint density at radius 1 is 1.08 bits per heavy atom. The number of rotatable bonds is 8. The number of aryl methyl sites for hydroxylation is 1. The summed E-state index contributed by atoms with van der Waals surface area (Å²) in [5.74, 6) is 0.631. The van der Waals surface area contributed by atoms with Crippen LogP contribution in [0, 0.1) is 17.2 Å². The van der Waals surface area contributed by atoms with Gasteiger partial charge in [-0.25, -0.2) is 0 Å². The third-order valence-electron chi connectivity index (χ3n) is 4.71. The third kappa shape index (κ3) is 6.72. The van der Waals surface area contributed by atoms with E-state index in [4.69, 9.17) is 10.00 Å². The number of benzene rings is 1. The molecule has 1 aromatic rings. The van der Waals surface area contributed by atoms with Crippen molar-refractivity contribution in [1.82, 2.24) is 0 Å². The molecule has 1 saturated carbocycles. The highest BCUT2D eigenvalue weighted by atomic mass is 16.5. The van der Waals surface area contributed by atoms with Crippen LogP contribution in [0.4, 0.5) is 0 Å². The number of nitriles is 1. The second-order valence-electron chi connectivity index (χ2n) is 6.64. The van der Waals surface area contributed by atoms with Gasteiger partial charge >= 0.3 is 0 Å². The van der Waals surface area contributed by atoms with Gasteiger partial charge in [-0.3, -0.25) is 0 Å². The van der Waals surface area contributed by atoms with Crippen molar-refractivity contribution < 1.29 is 4.74 Å². The molecule has 0 heterocycles. The van der Waals surface area contributed by atoms with Gasteiger partial charge in [-0.15, -0.1) is 0 Å². The molecule has 128 valence electrons. The van der Waals surface area contributed by atoms with Crippen LogP contribution in [0.15, 0.2) is 48.6 Å². The lowest BCUT2D eigenvalue weighted by Gasteiger charge is -2.26. The maximum atomic E-state index is 8.46. The van der Waals surface area contributed by atoms with Crippen molar-refractivity contribution in [2.24, 2.45) is 5.92 Å². The van der Waals surface area contributed by atoms with Crippen molar-refractivity contribution in [3.63, 3.8) is 0 Å². The van der Waals surface area contributed by atoms with Crippen LogP contribution in [0.1, 0.15) is 56.6 Å². The minimum atomic E-state index is 0.393. The predicted molar refractivity (Wildman–Crippen MR) is 99.5 cm³/mol. The molecule has 2 nitrogen and oxygen atoms in total. The first-order valence-electron chi connectivity index (χ1n) is 9.24. The molecular weight excluding hydrogens is 294 g/mol. The zero-order valence-corrected chi connectivity index (χ0v) is 14.8. The van der Waals surface area contributed by atoms with Crippen LogP contribution in [0.2, 0.25) is 0 Å². The summed E-state index contributed by atoms with van der Waals surface area (Å²) in [7, 11) is 0. The third-order valence-corrected chi connectivity index (χ3v) is 4.71. The van der Waals surface area contributed by atoms with E-state index in [-0.39, 0.29) is 0 Å². The van der Waals surface area contributed by atoms with E-state index in [1.54, 1.807) is 0 Å². The minimum Gasteiger partial charge on any atom is -0.374 e. The highest BCUT2D eigenvalue weighted by Crippen LogP contribution is 2.27. The average Bonchev–Trinajstić information content (AvgIpc) is 2.64. The summed E-state index contributed by atoms with van der Waals surface area (Å²) >= 11 is 0. The Morgan fingerprint density at radius 2 is 1.79 bits per heavy atom. The highest BCUT2D eigenvalue weighted by Gasteiger charge is 2.19. The molecule has 0 atom stereocenters. The van der Waals surface area contributed by atoms with E-state index in [9.17, 15) is 0 Å². The average molecular weight is 323 g/mol. The van der Waals surface area contributed by atoms with Crippen molar-refractivity contribution in [3.05, 3.63) is 59.7 Å². The second kappa shape index (κ2) is 10.8. The maximum Gasteiger partial charge on any atom is 0.0912 e. The number of unbranched alkanes of at least 4 members (excludes halogenated alkanes) is 1. The zero-order valence-electron chi connectivity index (χ0n) is 14.8. The Morgan fingerprint density at radius 3 is 2.46 bits per heavy atom. The van der Waals surface area contributed by atoms with Crippen LogP contribution in [-0.4, -0.2) is 6.10 Å². The lowest BCUT2D eigenvalue weighted by atomic mass is 9.87. The molecule has 0 N–H and O–H groups in total. The summed E-state index contributed by atoms with van der Waals surface area (Å²) in [5, 5.41) is 8.46. The van der Waals surface area contributed by atoms with E-state index in [2.05, 4.69) is 37.3 Å². The Hall–Kier alpha value is -1.85. The van der Waals surface area contributed by atoms with E-state index in [0.29, 0.717) is 12.0 Å². The molecule has 2 rings (SSSR count). The van der Waals surface area contributed by atoms with Gasteiger partial charge in [-0.05, 0) is 55.6 Å². The van der Waals surface area contributed by atoms with Crippen molar-refractivity contribution in [2.45, 2.75) is 64.6 Å². The topological polar surface area (TPSA) is 33.0 Å². The molecule has 24 heavy (non-hydrogen) atoms. The normalized spacial score (nSPS) is 21.3. The molecule has 0 spiro atoms. The Bertz CT molecular complexity index is 557. The summed E-state index contributed by atoms with van der Waals surface area (Å²) in [6.07, 6.45) is 16.2. The van der Waals surface area contributed by atoms with E-state index < -0.39 is 0 Å². The minimum absolute atomic E-state index is 0.393. The highest BCUT2D eigenvalue weighted by molar-refractivity contribution is 5.22. The summed E-state index contributed by atoms with van der Waals surface area (Å²) < 4.78 is 6.10. The van der Waals surface area contributed by atoms with Crippen LogP contribution in [0.25, 0.3) is 0 Å². The lowest BCUT2D eigenvalue weighted by Crippen LogP contribution is -2.20. The standard InChI is InChI=1S/C22H29NO/c1-2-3-7-19-9-11-21(12-10-19)18-24-22-15-13-20(14-16-22)8-5-4-6-17-23/h4-6,8-12,20,22H,2-3,7,13-16,18H2,1H3. The van der Waals surface area contributed by atoms with Gasteiger partial charge in [0, 0.05) is 6.08 Å². The van der Waals surface area contributed by atoms with E-state index in [1.165, 1.54) is 49.3 Å². The van der Waals surface area contributed by atoms with Crippen molar-refractivity contribution in [1.29, 1.82) is 5.26 Å². The summed E-state index contributed by atoms with van der Waals surface area (Å²) in [4.78, 5) is 0. The van der Waals surface area contributed by atoms with Gasteiger partial charge in [0.05, 0.1) is 18.8 Å². The fourth-order valence-electron chi connectivity index (χ4n) is 3.16. The molecule has 0 bridgehead atoms. The van der Waals surface area contributed by atoms with E-state index >= 15 is 0 Å². The molecule has 0 aromatic heterocycles. The van der Waals surface area contributed by atoms with Gasteiger partial charge in [-0.1, -0.05) is 55.8 Å². The molecule has 1 aromatic carbocycles. The van der Waals surface area contributed by atoms with Gasteiger partial charge in [-0.2, -0.15) is 5.26 Å². The SMILES string of the molecule is CCCCc1ccc(COC2CCC(C=CC=CC#N)CC2)cc1. The first-order chi connectivity index (χ1) is 11.8. The number of ether oxygens (including phenoxy) is 1. The molecule has 0 unspecified atom stereocenters. The van der Waals surface area contributed by atoms with Gasteiger partial charge in [0.2, 0.25) is 0 Å². The van der Waals surface area contributed by atoms with Gasteiger partial charge in [0.15, 0.2) is 0 Å². The quantitative estimate of drug-likeness (QED) is 0.451. The van der Waals surface area contributed by atoms with Gasteiger partial charge in [0.25, 0.3) is 0 Å². The van der Waals surface area contributed by atoms with Gasteiger partial charge < -0.3 is 4.74 Å². The summed E-state index contributed by atoms with van der Waals surface area (Å²) in [6.45, 7) is 2.96. The van der Waals surface area contributed by atoms with Crippen LogP contribution in [0.3, 0.4) is 0 Å². The van der Waals surface area contributed by atoms with E-state index in [0.717, 1.165) is 19.4 Å². The molecule has 0 radical (unpaired) electrons. The Balaban J connectivity index is 1.68. The lowest BCUT2D eigenvalue weighted by molar-refractivity contribution is 0.0110. The van der Waals surface area contributed by atoms with Crippen LogP contribution < -0.4 is 0 Å². The molecule has 0 saturated heterocycles. The number of allylic oxidation sites excluding steroid dienone is 4. The van der Waals surface area contributed by atoms with Crippen molar-refractivity contribution >= 4 is 0 Å². The molecule has 1 fully saturated rings. The fraction of sp³-hybridized carbons (Fsp3) is 0.500. The first-order valence-corrected chi connectivity index (χ1v) is 9.24. The van der Waals surface area contributed by atoms with Crippen LogP contribution in [0.5, 0.6) is 0 Å². The largest absolute Gasteiger partial charge is 0.374 e. The Labute approximate surface area is 146 Å². The fourth-order valence-corrected chi connectivity index (χ4v) is 3.16. The van der Waals surface area contributed by atoms with Crippen LogP contribution in [-0.2, 0) is 17.8 Å². The molecule has 1 aliphatic rings. The van der Waals surface area contributed by atoms with Gasteiger partial charge in [0.1, 0.15) is 0 Å². The molecule has 0 aliphatic heterocycles. The summed E-state index contributed by atoms with van der Waals surface area (Å²) in [5.41, 5.74) is 2.71. The molecule has 2 heteroatoms. The predicted octanol–water partition coefficient (Wildman–Crippen LogP) is 5.74. The number of hydrogen-bond donors (Lipinski definition) is 0. The van der Waals surface area contributed by atoms with Crippen LogP contribution >= 0.6 is 0 Å².